The van der Waals surface area contributed by atoms with Crippen LogP contribution in [-0.4, -0.2) is 50.1 Å². The summed E-state index contributed by atoms with van der Waals surface area (Å²) < 4.78 is 0. The van der Waals surface area contributed by atoms with E-state index in [0.717, 1.165) is 53.1 Å². The molecular formula is C22H21ClN6O2S. The van der Waals surface area contributed by atoms with E-state index in [0.29, 0.717) is 21.3 Å². The summed E-state index contributed by atoms with van der Waals surface area (Å²) in [6, 6.07) is 7.41. The van der Waals surface area contributed by atoms with E-state index in [-0.39, 0.29) is 11.6 Å². The van der Waals surface area contributed by atoms with Crippen LogP contribution < -0.4 is 10.6 Å². The lowest BCUT2D eigenvalue weighted by atomic mass is 10.1. The number of aromatic carboxylic acids is 1. The SMILES string of the molecule is CCc1[nH]c2nc(Sc3ccc4cc(C(=O)O)cnc4c3)nc(N3CCC(N)C3)c2c1Cl. The van der Waals surface area contributed by atoms with Crippen LogP contribution in [0, 0.1) is 0 Å². The van der Waals surface area contributed by atoms with E-state index in [2.05, 4.69) is 14.9 Å². The number of nitrogens with one attached hydrogen (secondary N) is 1. The zero-order valence-electron chi connectivity index (χ0n) is 17.3. The number of nitrogens with two attached hydrogens (primary N) is 1. The van der Waals surface area contributed by atoms with Gasteiger partial charge in [0.1, 0.15) is 11.5 Å². The van der Waals surface area contributed by atoms with Crippen molar-refractivity contribution in [3.63, 3.8) is 0 Å². The summed E-state index contributed by atoms with van der Waals surface area (Å²) in [6.07, 6.45) is 3.04. The summed E-state index contributed by atoms with van der Waals surface area (Å²) in [5.41, 5.74) is 8.67. The third-order valence-electron chi connectivity index (χ3n) is 5.61. The van der Waals surface area contributed by atoms with Crippen molar-refractivity contribution in [3.8, 4) is 0 Å². The average molecular weight is 469 g/mol. The number of fused-ring (bicyclic) bond motifs is 2. The molecule has 1 saturated heterocycles. The molecule has 1 unspecified atom stereocenters. The summed E-state index contributed by atoms with van der Waals surface area (Å²) in [6.45, 7) is 3.60. The molecule has 5 rings (SSSR count). The van der Waals surface area contributed by atoms with Crippen molar-refractivity contribution in [1.29, 1.82) is 0 Å². The van der Waals surface area contributed by atoms with E-state index in [1.165, 1.54) is 18.0 Å². The number of benzene rings is 1. The number of nitrogens with zero attached hydrogens (tertiary/aromatic N) is 4. The Morgan fingerprint density at radius 2 is 2.22 bits per heavy atom. The minimum absolute atomic E-state index is 0.113. The van der Waals surface area contributed by atoms with Gasteiger partial charge in [-0.1, -0.05) is 24.6 Å². The van der Waals surface area contributed by atoms with Crippen LogP contribution in [0.15, 0.2) is 40.5 Å². The lowest BCUT2D eigenvalue weighted by molar-refractivity contribution is 0.0696. The molecule has 0 radical (unpaired) electrons. The second-order valence-corrected chi connectivity index (χ2v) is 9.22. The Balaban J connectivity index is 1.55. The van der Waals surface area contributed by atoms with Gasteiger partial charge in [0.2, 0.25) is 0 Å². The van der Waals surface area contributed by atoms with Gasteiger partial charge in [-0.25, -0.2) is 14.8 Å². The van der Waals surface area contributed by atoms with Crippen molar-refractivity contribution in [2.45, 2.75) is 35.9 Å². The van der Waals surface area contributed by atoms with Crippen LogP contribution in [0.3, 0.4) is 0 Å². The zero-order valence-corrected chi connectivity index (χ0v) is 18.9. The van der Waals surface area contributed by atoms with Crippen molar-refractivity contribution in [2.75, 3.05) is 18.0 Å². The quantitative estimate of drug-likeness (QED) is 0.374. The van der Waals surface area contributed by atoms with Crippen LogP contribution in [0.1, 0.15) is 29.4 Å². The van der Waals surface area contributed by atoms with Gasteiger partial charge in [0, 0.05) is 41.3 Å². The fourth-order valence-corrected chi connectivity index (χ4v) is 5.10. The highest BCUT2D eigenvalue weighted by atomic mass is 35.5. The Hall–Kier alpha value is -2.88. The van der Waals surface area contributed by atoms with Gasteiger partial charge in [0.05, 0.1) is 21.5 Å². The Morgan fingerprint density at radius 1 is 1.38 bits per heavy atom. The van der Waals surface area contributed by atoms with Gasteiger partial charge < -0.3 is 20.7 Å². The number of anilines is 1. The van der Waals surface area contributed by atoms with Gasteiger partial charge in [-0.15, -0.1) is 0 Å². The summed E-state index contributed by atoms with van der Waals surface area (Å²) in [5, 5.41) is 12.0. The molecule has 0 spiro atoms. The minimum Gasteiger partial charge on any atom is -0.478 e. The third kappa shape index (κ3) is 3.76. The van der Waals surface area contributed by atoms with E-state index in [1.807, 2.05) is 25.1 Å². The highest BCUT2D eigenvalue weighted by molar-refractivity contribution is 7.99. The highest BCUT2D eigenvalue weighted by Crippen LogP contribution is 2.37. The fraction of sp³-hybridized carbons (Fsp3) is 0.273. The molecular weight excluding hydrogens is 448 g/mol. The smallest absolute Gasteiger partial charge is 0.337 e. The van der Waals surface area contributed by atoms with Crippen molar-refractivity contribution in [2.24, 2.45) is 5.73 Å². The molecule has 3 aromatic heterocycles. The molecule has 0 amide bonds. The first-order valence-corrected chi connectivity index (χ1v) is 11.5. The molecule has 4 N–H and O–H groups in total. The van der Waals surface area contributed by atoms with Crippen LogP contribution >= 0.6 is 23.4 Å². The number of hydrogen-bond acceptors (Lipinski definition) is 7. The number of rotatable bonds is 5. The van der Waals surface area contributed by atoms with Gasteiger partial charge in [0.15, 0.2) is 5.16 Å². The van der Waals surface area contributed by atoms with Gasteiger partial charge in [-0.05, 0) is 42.8 Å². The maximum atomic E-state index is 11.2. The third-order valence-corrected chi connectivity index (χ3v) is 6.88. The molecule has 1 atom stereocenters. The zero-order chi connectivity index (χ0) is 22.4. The predicted molar refractivity (Wildman–Crippen MR) is 126 cm³/mol. The first kappa shape index (κ1) is 21.0. The van der Waals surface area contributed by atoms with Crippen molar-refractivity contribution in [1.82, 2.24) is 19.9 Å². The minimum atomic E-state index is -0.996. The van der Waals surface area contributed by atoms with Crippen LogP contribution in [0.5, 0.6) is 0 Å². The Labute approximate surface area is 193 Å². The molecule has 8 nitrogen and oxygen atoms in total. The molecule has 0 bridgehead atoms. The van der Waals surface area contributed by atoms with E-state index >= 15 is 0 Å². The first-order valence-electron chi connectivity index (χ1n) is 10.3. The molecule has 0 saturated carbocycles. The Kier molecular flexibility index (Phi) is 5.40. The number of pyridine rings is 1. The topological polar surface area (TPSA) is 121 Å². The van der Waals surface area contributed by atoms with E-state index < -0.39 is 5.97 Å². The standard InChI is InChI=1S/C22H21ClN6O2S/c1-2-15-18(23)17-19(26-15)27-22(28-20(17)29-6-5-13(24)10-29)32-14-4-3-11-7-12(21(30)31)9-25-16(11)8-14/h3-4,7-9,13H,2,5-6,10,24H2,1H3,(H,30,31)(H,26,27,28). The second kappa shape index (κ2) is 8.23. The van der Waals surface area contributed by atoms with Gasteiger partial charge in [-0.2, -0.15) is 0 Å². The van der Waals surface area contributed by atoms with Gasteiger partial charge in [-0.3, -0.25) is 4.98 Å². The lowest BCUT2D eigenvalue weighted by Crippen LogP contribution is -2.27. The number of carboxylic acids is 1. The fourth-order valence-electron chi connectivity index (χ4n) is 3.96. The first-order chi connectivity index (χ1) is 15.4. The van der Waals surface area contributed by atoms with Crippen molar-refractivity contribution >= 4 is 57.1 Å². The van der Waals surface area contributed by atoms with Crippen LogP contribution in [-0.2, 0) is 6.42 Å². The predicted octanol–water partition coefficient (Wildman–Crippen LogP) is 4.11. The maximum Gasteiger partial charge on any atom is 0.337 e. The average Bonchev–Trinajstić information content (AvgIpc) is 3.35. The highest BCUT2D eigenvalue weighted by Gasteiger charge is 2.26. The number of aromatic nitrogens is 4. The molecule has 1 aliphatic rings. The molecule has 0 aliphatic carbocycles. The molecule has 32 heavy (non-hydrogen) atoms. The van der Waals surface area contributed by atoms with E-state index in [9.17, 15) is 4.79 Å². The Morgan fingerprint density at radius 3 is 2.94 bits per heavy atom. The van der Waals surface area contributed by atoms with Crippen molar-refractivity contribution in [3.05, 3.63) is 46.7 Å². The molecule has 10 heteroatoms. The van der Waals surface area contributed by atoms with Crippen LogP contribution in [0.4, 0.5) is 5.82 Å². The normalized spacial score (nSPS) is 16.3. The summed E-state index contributed by atoms with van der Waals surface area (Å²) in [4.78, 5) is 31.5. The number of H-pyrrole nitrogens is 1. The van der Waals surface area contributed by atoms with Crippen LogP contribution in [0.25, 0.3) is 21.9 Å². The second-order valence-electron chi connectivity index (χ2n) is 7.80. The van der Waals surface area contributed by atoms with Crippen molar-refractivity contribution < 1.29 is 9.90 Å². The largest absolute Gasteiger partial charge is 0.478 e. The number of carbonyl (C=O) groups is 1. The summed E-state index contributed by atoms with van der Waals surface area (Å²) >= 11 is 8.09. The number of hydrogen-bond donors (Lipinski definition) is 3. The number of halogens is 1. The monoisotopic (exact) mass is 468 g/mol. The summed E-state index contributed by atoms with van der Waals surface area (Å²) in [7, 11) is 0. The van der Waals surface area contributed by atoms with Crippen LogP contribution in [0.2, 0.25) is 5.02 Å². The van der Waals surface area contributed by atoms with E-state index in [1.54, 1.807) is 6.07 Å². The number of carboxylic acid groups (broad SMARTS) is 1. The maximum absolute atomic E-state index is 11.2. The molecule has 164 valence electrons. The van der Waals surface area contributed by atoms with Gasteiger partial charge >= 0.3 is 5.97 Å². The molecule has 4 aromatic rings. The number of aryl methyl sites for hydroxylation is 1. The van der Waals surface area contributed by atoms with Gasteiger partial charge in [0.25, 0.3) is 0 Å². The molecule has 1 aliphatic heterocycles. The lowest BCUT2D eigenvalue weighted by Gasteiger charge is -2.18. The molecule has 4 heterocycles. The Bertz CT molecular complexity index is 1360. The number of aromatic amines is 1. The summed E-state index contributed by atoms with van der Waals surface area (Å²) in [5.74, 6) is -0.193. The molecule has 1 aromatic carbocycles. The molecule has 1 fully saturated rings. The van der Waals surface area contributed by atoms with E-state index in [4.69, 9.17) is 32.4 Å².